The van der Waals surface area contributed by atoms with E-state index < -0.39 is 26.7 Å². The lowest BCUT2D eigenvalue weighted by molar-refractivity contribution is -0.162. The first-order valence-corrected chi connectivity index (χ1v) is 17.4. The van der Waals surface area contributed by atoms with Gasteiger partial charge in [-0.15, -0.1) is 6.58 Å². The molecular weight excluding hydrogens is 531 g/mol. The van der Waals surface area contributed by atoms with Crippen LogP contribution < -0.4 is 5.09 Å². The Bertz CT molecular complexity index is 650. The fourth-order valence-electron chi connectivity index (χ4n) is 4.40. The minimum absolute atomic E-state index is 0.154. The zero-order valence-corrected chi connectivity index (χ0v) is 26.7. The number of ether oxygens (including phenoxy) is 1. The van der Waals surface area contributed by atoms with E-state index in [1.165, 1.54) is 83.1 Å². The second-order valence-electron chi connectivity index (χ2n) is 10.4. The van der Waals surface area contributed by atoms with Crippen LogP contribution in [0.2, 0.25) is 0 Å². The highest BCUT2D eigenvalue weighted by molar-refractivity contribution is 7.51. The van der Waals surface area contributed by atoms with E-state index in [0.29, 0.717) is 19.5 Å². The molecule has 3 N–H and O–H groups in total. The number of nitrogens with zero attached hydrogens (tertiary/aromatic N) is 1. The summed E-state index contributed by atoms with van der Waals surface area (Å²) in [6.07, 6.45) is 18.9. The number of aliphatic hydroxyl groups is 2. The number of esters is 1. The Balaban J connectivity index is 4.28. The topological polar surface area (TPSA) is 118 Å². The molecule has 0 heterocycles. The molecule has 0 aromatic heterocycles. The summed E-state index contributed by atoms with van der Waals surface area (Å²) in [7, 11) is -3.82. The third-order valence-corrected chi connectivity index (χ3v) is 8.48. The maximum absolute atomic E-state index is 13.1. The van der Waals surface area contributed by atoms with E-state index >= 15 is 0 Å². The molecule has 0 saturated carbocycles. The molecule has 0 aliphatic rings. The normalized spacial score (nSPS) is 14.7. The summed E-state index contributed by atoms with van der Waals surface area (Å²) in [5, 5.41) is 21.2. The van der Waals surface area contributed by atoms with Gasteiger partial charge in [0.2, 0.25) is 0 Å². The molecule has 0 bridgehead atoms. The van der Waals surface area contributed by atoms with Gasteiger partial charge in [0.1, 0.15) is 12.7 Å². The predicted octanol–water partition coefficient (Wildman–Crippen LogP) is 6.73. The Morgan fingerprint density at radius 2 is 1.32 bits per heavy atom. The minimum Gasteiger partial charge on any atom is -0.444 e. The molecule has 0 radical (unpaired) electrons. The number of hydrogen-bond donors (Lipinski definition) is 3. The lowest BCUT2D eigenvalue weighted by atomic mass is 10.0. The van der Waals surface area contributed by atoms with Crippen LogP contribution in [0.1, 0.15) is 124 Å². The van der Waals surface area contributed by atoms with Gasteiger partial charge in [-0.05, 0) is 19.5 Å². The maximum atomic E-state index is 13.1. The van der Waals surface area contributed by atoms with Crippen molar-refractivity contribution in [2.24, 2.45) is 0 Å². The van der Waals surface area contributed by atoms with Crippen LogP contribution in [0.3, 0.4) is 0 Å². The quantitative estimate of drug-likeness (QED) is 0.0274. The van der Waals surface area contributed by atoms with E-state index in [1.807, 2.05) is 18.7 Å². The Morgan fingerprint density at radius 1 is 0.850 bits per heavy atom. The minimum atomic E-state index is -3.82. The molecule has 0 fully saturated rings. The molecule has 0 aliphatic heterocycles. The van der Waals surface area contributed by atoms with Gasteiger partial charge in [0.05, 0.1) is 13.2 Å². The van der Waals surface area contributed by atoms with Crippen LogP contribution in [0.25, 0.3) is 0 Å². The number of likely N-dealkylation sites (N-methyl/N-ethyl adjacent to an activating group) is 1. The highest BCUT2D eigenvalue weighted by atomic mass is 31.2. The van der Waals surface area contributed by atoms with E-state index in [2.05, 4.69) is 18.6 Å². The molecular formula is C30H61N2O7P. The first-order chi connectivity index (χ1) is 19.4. The van der Waals surface area contributed by atoms with E-state index in [1.54, 1.807) is 0 Å². The SMILES string of the molecule is C=CCNP(=O)(OCC(O)CO)OCC(OC(=O)CCCCCCCCCCCCCCCCC)N(CC)CC. The van der Waals surface area contributed by atoms with Crippen molar-refractivity contribution in [1.29, 1.82) is 0 Å². The monoisotopic (exact) mass is 592 g/mol. The summed E-state index contributed by atoms with van der Waals surface area (Å²) in [4.78, 5) is 14.5. The molecule has 0 aromatic rings. The lowest BCUT2D eigenvalue weighted by Crippen LogP contribution is -2.42. The van der Waals surface area contributed by atoms with Crippen LogP contribution in [0, 0.1) is 0 Å². The summed E-state index contributed by atoms with van der Waals surface area (Å²) in [6, 6.07) is 0. The number of hydrogen-bond acceptors (Lipinski definition) is 8. The van der Waals surface area contributed by atoms with E-state index in [9.17, 15) is 14.5 Å². The average Bonchev–Trinajstić information content (AvgIpc) is 2.96. The molecule has 9 nitrogen and oxygen atoms in total. The van der Waals surface area contributed by atoms with Crippen LogP contribution in [0.5, 0.6) is 0 Å². The number of unbranched alkanes of at least 4 members (excludes halogenated alkanes) is 14. The van der Waals surface area contributed by atoms with Crippen LogP contribution in [-0.4, -0.2) is 72.9 Å². The highest BCUT2D eigenvalue weighted by Crippen LogP contribution is 2.44. The Kier molecular flexibility index (Phi) is 26.5. The van der Waals surface area contributed by atoms with Gasteiger partial charge >= 0.3 is 13.7 Å². The average molecular weight is 593 g/mol. The zero-order chi connectivity index (χ0) is 29.9. The molecule has 0 aromatic carbocycles. The molecule has 10 heteroatoms. The van der Waals surface area contributed by atoms with Crippen molar-refractivity contribution in [2.75, 3.05) is 39.5 Å². The molecule has 0 saturated heterocycles. The Labute approximate surface area is 245 Å². The summed E-state index contributed by atoms with van der Waals surface area (Å²) < 4.78 is 29.6. The molecule has 3 atom stereocenters. The largest absolute Gasteiger partial charge is 0.444 e. The van der Waals surface area contributed by atoms with Gasteiger partial charge in [-0.25, -0.2) is 9.65 Å². The lowest BCUT2D eigenvalue weighted by Gasteiger charge is -2.30. The summed E-state index contributed by atoms with van der Waals surface area (Å²) in [6.45, 7) is 10.1. The summed E-state index contributed by atoms with van der Waals surface area (Å²) >= 11 is 0. The Morgan fingerprint density at radius 3 is 1.77 bits per heavy atom. The smallest absolute Gasteiger partial charge is 0.406 e. The van der Waals surface area contributed by atoms with Crippen LogP contribution in [0.4, 0.5) is 0 Å². The molecule has 0 rings (SSSR count). The number of aliphatic hydroxyl groups excluding tert-OH is 2. The fraction of sp³-hybridized carbons (Fsp3) is 0.900. The molecule has 3 unspecified atom stereocenters. The zero-order valence-electron chi connectivity index (χ0n) is 25.8. The van der Waals surface area contributed by atoms with Crippen molar-refractivity contribution < 1.29 is 33.4 Å². The number of carbonyl (C=O) groups is 1. The van der Waals surface area contributed by atoms with Crippen molar-refractivity contribution in [3.8, 4) is 0 Å². The summed E-state index contributed by atoms with van der Waals surface area (Å²) in [5.41, 5.74) is 0. The van der Waals surface area contributed by atoms with Crippen LogP contribution >= 0.6 is 7.75 Å². The summed E-state index contributed by atoms with van der Waals surface area (Å²) in [5.74, 6) is -0.305. The third-order valence-electron chi connectivity index (χ3n) is 6.94. The van der Waals surface area contributed by atoms with Gasteiger partial charge < -0.3 is 14.9 Å². The van der Waals surface area contributed by atoms with E-state index in [0.717, 1.165) is 19.3 Å². The molecule has 40 heavy (non-hydrogen) atoms. The first kappa shape index (κ1) is 39.2. The number of rotatable bonds is 30. The van der Waals surface area contributed by atoms with E-state index in [4.69, 9.17) is 18.9 Å². The second kappa shape index (κ2) is 27.1. The van der Waals surface area contributed by atoms with Crippen LogP contribution in [-0.2, 0) is 23.1 Å². The van der Waals surface area contributed by atoms with Gasteiger partial charge in [-0.2, -0.15) is 0 Å². The van der Waals surface area contributed by atoms with Gasteiger partial charge in [0.15, 0.2) is 6.23 Å². The van der Waals surface area contributed by atoms with Gasteiger partial charge in [0, 0.05) is 13.0 Å². The second-order valence-corrected chi connectivity index (χ2v) is 12.3. The van der Waals surface area contributed by atoms with Crippen molar-refractivity contribution in [2.45, 2.75) is 136 Å². The molecule has 0 amide bonds. The van der Waals surface area contributed by atoms with Crippen molar-refractivity contribution in [1.82, 2.24) is 9.99 Å². The highest BCUT2D eigenvalue weighted by Gasteiger charge is 2.29. The fourth-order valence-corrected chi connectivity index (χ4v) is 5.70. The standard InChI is InChI=1S/C30H61N2O7P/c1-5-9-10-11-12-13-14-15-16-17-18-19-20-21-22-23-30(35)39-29(32(7-3)8-4)27-38-40(36,31-24-6-2)37-26-28(34)25-33/h6,28-29,33-34H,2,5,7-27H2,1,3-4H3,(H,31,36). The molecule has 238 valence electrons. The molecule has 0 aliphatic carbocycles. The van der Waals surface area contributed by atoms with E-state index in [-0.39, 0.29) is 25.7 Å². The van der Waals surface area contributed by atoms with Crippen LogP contribution in [0.15, 0.2) is 12.7 Å². The third kappa shape index (κ3) is 21.9. The number of carbonyl (C=O) groups excluding carboxylic acids is 1. The Hall–Kier alpha value is -0.800. The first-order valence-electron chi connectivity index (χ1n) is 15.8. The van der Waals surface area contributed by atoms with Crippen molar-refractivity contribution in [3.05, 3.63) is 12.7 Å². The predicted molar refractivity (Wildman–Crippen MR) is 163 cm³/mol. The number of nitrogens with one attached hydrogen (secondary N) is 1. The van der Waals surface area contributed by atoms with Gasteiger partial charge in [-0.3, -0.25) is 18.7 Å². The molecule has 0 spiro atoms. The van der Waals surface area contributed by atoms with Crippen molar-refractivity contribution in [3.63, 3.8) is 0 Å². The maximum Gasteiger partial charge on any atom is 0.406 e. The van der Waals surface area contributed by atoms with Gasteiger partial charge in [-0.1, -0.05) is 117 Å². The van der Waals surface area contributed by atoms with Gasteiger partial charge in [0.25, 0.3) is 0 Å². The van der Waals surface area contributed by atoms with Crippen molar-refractivity contribution >= 4 is 13.7 Å².